The van der Waals surface area contributed by atoms with Gasteiger partial charge in [0.2, 0.25) is 17.7 Å². The van der Waals surface area contributed by atoms with Gasteiger partial charge in [-0.05, 0) is 12.1 Å². The minimum Gasteiger partial charge on any atom is -0.497 e. The van der Waals surface area contributed by atoms with Crippen LogP contribution in [0.15, 0.2) is 24.3 Å². The monoisotopic (exact) mass is 402 g/mol. The number of piperazine rings is 2. The summed E-state index contributed by atoms with van der Waals surface area (Å²) in [7, 11) is 1.65. The minimum absolute atomic E-state index is 0.00318. The number of ether oxygens (including phenoxy) is 1. The molecule has 0 N–H and O–H groups in total. The maximum atomic E-state index is 12.5. The summed E-state index contributed by atoms with van der Waals surface area (Å²) in [5.41, 5.74) is 1.09. The molecule has 3 amide bonds. The molecule has 29 heavy (non-hydrogen) atoms. The van der Waals surface area contributed by atoms with Gasteiger partial charge in [0, 0.05) is 83.9 Å². The first kappa shape index (κ1) is 21.0. The average Bonchev–Trinajstić information content (AvgIpc) is 2.77. The summed E-state index contributed by atoms with van der Waals surface area (Å²) in [6, 6.07) is 7.93. The molecule has 8 heteroatoms. The first-order valence-corrected chi connectivity index (χ1v) is 10.2. The first-order chi connectivity index (χ1) is 14.0. The van der Waals surface area contributed by atoms with Crippen LogP contribution in [0, 0.1) is 0 Å². The molecule has 0 aliphatic carbocycles. The molecule has 1 aromatic carbocycles. The fraction of sp³-hybridized carbons (Fsp3) is 0.571. The zero-order valence-corrected chi connectivity index (χ0v) is 17.3. The number of methoxy groups -OCH3 is 1. The second kappa shape index (κ2) is 9.62. The Kier molecular flexibility index (Phi) is 6.95. The van der Waals surface area contributed by atoms with Gasteiger partial charge in [-0.2, -0.15) is 0 Å². The van der Waals surface area contributed by atoms with Gasteiger partial charge in [0.1, 0.15) is 5.75 Å². The van der Waals surface area contributed by atoms with Crippen molar-refractivity contribution in [2.24, 2.45) is 0 Å². The molecule has 2 aliphatic heterocycles. The zero-order chi connectivity index (χ0) is 20.8. The predicted octanol–water partition coefficient (Wildman–Crippen LogP) is 0.815. The van der Waals surface area contributed by atoms with Crippen LogP contribution in [0.3, 0.4) is 0 Å². The lowest BCUT2D eigenvalue weighted by Crippen LogP contribution is -2.50. The highest BCUT2D eigenvalue weighted by Crippen LogP contribution is 2.22. The largest absolute Gasteiger partial charge is 0.497 e. The van der Waals surface area contributed by atoms with E-state index in [4.69, 9.17) is 4.74 Å². The third-order valence-electron chi connectivity index (χ3n) is 5.68. The first-order valence-electron chi connectivity index (χ1n) is 10.2. The van der Waals surface area contributed by atoms with E-state index in [-0.39, 0.29) is 30.6 Å². The molecule has 2 heterocycles. The summed E-state index contributed by atoms with van der Waals surface area (Å²) in [5, 5.41) is 0. The van der Waals surface area contributed by atoms with Crippen LogP contribution in [0.4, 0.5) is 5.69 Å². The van der Waals surface area contributed by atoms with Crippen molar-refractivity contribution in [1.29, 1.82) is 0 Å². The Bertz CT molecular complexity index is 738. The van der Waals surface area contributed by atoms with E-state index in [9.17, 15) is 14.4 Å². The van der Waals surface area contributed by atoms with Crippen LogP contribution in [0.2, 0.25) is 0 Å². The number of anilines is 1. The molecule has 0 bridgehead atoms. The average molecular weight is 402 g/mol. The topological polar surface area (TPSA) is 73.4 Å². The van der Waals surface area contributed by atoms with E-state index in [2.05, 4.69) is 4.90 Å². The van der Waals surface area contributed by atoms with Crippen molar-refractivity contribution in [2.45, 2.75) is 19.8 Å². The molecule has 0 radical (unpaired) electrons. The molecular weight excluding hydrogens is 372 g/mol. The van der Waals surface area contributed by atoms with Crippen molar-refractivity contribution in [3.05, 3.63) is 24.3 Å². The Morgan fingerprint density at radius 3 is 1.86 bits per heavy atom. The standard InChI is InChI=1S/C21H30N4O4/c1-17(26)22-8-12-24(13-9-22)20(27)6-7-21(28)25-14-10-23(11-15-25)18-4-3-5-19(16-18)29-2/h3-5,16H,6-15H2,1-2H3. The lowest BCUT2D eigenvalue weighted by Gasteiger charge is -2.36. The molecule has 2 saturated heterocycles. The quantitative estimate of drug-likeness (QED) is 0.729. The van der Waals surface area contributed by atoms with E-state index < -0.39 is 0 Å². The molecule has 8 nitrogen and oxygen atoms in total. The smallest absolute Gasteiger partial charge is 0.223 e. The van der Waals surface area contributed by atoms with E-state index in [0.717, 1.165) is 24.5 Å². The number of hydrogen-bond acceptors (Lipinski definition) is 5. The van der Waals surface area contributed by atoms with E-state index >= 15 is 0 Å². The molecule has 2 aliphatic rings. The second-order valence-electron chi connectivity index (χ2n) is 7.46. The van der Waals surface area contributed by atoms with Gasteiger partial charge < -0.3 is 24.3 Å². The fourth-order valence-corrected chi connectivity index (χ4v) is 3.82. The van der Waals surface area contributed by atoms with Crippen LogP contribution in [0.25, 0.3) is 0 Å². The summed E-state index contributed by atoms with van der Waals surface area (Å²) in [6.07, 6.45) is 0.472. The number of hydrogen-bond donors (Lipinski definition) is 0. The van der Waals surface area contributed by atoms with Crippen molar-refractivity contribution in [1.82, 2.24) is 14.7 Å². The van der Waals surface area contributed by atoms with Crippen LogP contribution in [-0.4, -0.2) is 91.9 Å². The van der Waals surface area contributed by atoms with Gasteiger partial charge in [-0.3, -0.25) is 14.4 Å². The molecular formula is C21H30N4O4. The Balaban J connectivity index is 1.41. The SMILES string of the molecule is COc1cccc(N2CCN(C(=O)CCC(=O)N3CCN(C(C)=O)CC3)CC2)c1. The summed E-state index contributed by atoms with van der Waals surface area (Å²) in [6.45, 7) is 6.62. The van der Waals surface area contributed by atoms with Gasteiger partial charge in [0.25, 0.3) is 0 Å². The summed E-state index contributed by atoms with van der Waals surface area (Å²) in [5.74, 6) is 0.895. The van der Waals surface area contributed by atoms with Crippen LogP contribution in [0.5, 0.6) is 5.75 Å². The van der Waals surface area contributed by atoms with Crippen LogP contribution in [-0.2, 0) is 14.4 Å². The molecule has 1 aromatic rings. The summed E-state index contributed by atoms with van der Waals surface area (Å²) in [4.78, 5) is 43.9. The van der Waals surface area contributed by atoms with Gasteiger partial charge >= 0.3 is 0 Å². The normalized spacial score (nSPS) is 17.3. The van der Waals surface area contributed by atoms with Crippen LogP contribution in [0.1, 0.15) is 19.8 Å². The molecule has 0 saturated carbocycles. The fourth-order valence-electron chi connectivity index (χ4n) is 3.82. The van der Waals surface area contributed by atoms with Crippen molar-refractivity contribution >= 4 is 23.4 Å². The van der Waals surface area contributed by atoms with Crippen molar-refractivity contribution < 1.29 is 19.1 Å². The molecule has 3 rings (SSSR count). The molecule has 2 fully saturated rings. The third kappa shape index (κ3) is 5.40. The van der Waals surface area contributed by atoms with Gasteiger partial charge in [-0.25, -0.2) is 0 Å². The lowest BCUT2D eigenvalue weighted by molar-refractivity contribution is -0.140. The Morgan fingerprint density at radius 1 is 0.828 bits per heavy atom. The maximum Gasteiger partial charge on any atom is 0.223 e. The maximum absolute atomic E-state index is 12.5. The van der Waals surface area contributed by atoms with Crippen LogP contribution >= 0.6 is 0 Å². The van der Waals surface area contributed by atoms with Gasteiger partial charge in [-0.1, -0.05) is 6.07 Å². The number of rotatable bonds is 5. The molecule has 0 atom stereocenters. The van der Waals surface area contributed by atoms with Crippen molar-refractivity contribution in [3.8, 4) is 5.75 Å². The van der Waals surface area contributed by atoms with E-state index in [1.807, 2.05) is 29.2 Å². The predicted molar refractivity (Wildman–Crippen MR) is 110 cm³/mol. The molecule has 158 valence electrons. The highest BCUT2D eigenvalue weighted by atomic mass is 16.5. The highest BCUT2D eigenvalue weighted by Gasteiger charge is 2.25. The Hall–Kier alpha value is -2.77. The van der Waals surface area contributed by atoms with Crippen molar-refractivity contribution in [2.75, 3.05) is 64.4 Å². The zero-order valence-electron chi connectivity index (χ0n) is 17.3. The number of carbonyl (C=O) groups is 3. The van der Waals surface area contributed by atoms with E-state index in [0.29, 0.717) is 39.3 Å². The van der Waals surface area contributed by atoms with Crippen molar-refractivity contribution in [3.63, 3.8) is 0 Å². The number of carbonyl (C=O) groups excluding carboxylic acids is 3. The van der Waals surface area contributed by atoms with E-state index in [1.54, 1.807) is 23.8 Å². The highest BCUT2D eigenvalue weighted by molar-refractivity contribution is 5.84. The molecule has 0 unspecified atom stereocenters. The third-order valence-corrected chi connectivity index (χ3v) is 5.68. The van der Waals surface area contributed by atoms with Gasteiger partial charge in [0.05, 0.1) is 7.11 Å². The van der Waals surface area contributed by atoms with Gasteiger partial charge in [-0.15, -0.1) is 0 Å². The number of benzene rings is 1. The summed E-state index contributed by atoms with van der Waals surface area (Å²) < 4.78 is 5.28. The number of nitrogens with zero attached hydrogens (tertiary/aromatic N) is 4. The Labute approximate surface area is 172 Å². The number of amides is 3. The molecule has 0 aromatic heterocycles. The van der Waals surface area contributed by atoms with Gasteiger partial charge in [0.15, 0.2) is 0 Å². The lowest BCUT2D eigenvalue weighted by atomic mass is 10.2. The minimum atomic E-state index is -0.00318. The van der Waals surface area contributed by atoms with E-state index in [1.165, 1.54) is 0 Å². The molecule has 0 spiro atoms. The summed E-state index contributed by atoms with van der Waals surface area (Å²) >= 11 is 0. The Morgan fingerprint density at radius 2 is 1.34 bits per heavy atom. The van der Waals surface area contributed by atoms with Crippen LogP contribution < -0.4 is 9.64 Å². The second-order valence-corrected chi connectivity index (χ2v) is 7.46.